The average molecular weight is 474 g/mol. The first-order valence-electron chi connectivity index (χ1n) is 11.0. The van der Waals surface area contributed by atoms with Crippen LogP contribution in [0.3, 0.4) is 0 Å². The van der Waals surface area contributed by atoms with E-state index in [0.29, 0.717) is 0 Å². The van der Waals surface area contributed by atoms with Crippen LogP contribution in [0.1, 0.15) is 34.3 Å². The molecule has 178 valence electrons. The van der Waals surface area contributed by atoms with E-state index in [2.05, 4.69) is 10.6 Å². The van der Waals surface area contributed by atoms with Crippen LogP contribution in [-0.2, 0) is 9.53 Å². The molecule has 0 heterocycles. The first-order chi connectivity index (χ1) is 16.9. The Morgan fingerprint density at radius 2 is 1.60 bits per heavy atom. The summed E-state index contributed by atoms with van der Waals surface area (Å²) in [6.45, 7) is 1.63. The van der Waals surface area contributed by atoms with Gasteiger partial charge in [0.05, 0.1) is 11.3 Å². The Hall–Kier alpha value is -4.46. The van der Waals surface area contributed by atoms with E-state index < -0.39 is 29.5 Å². The van der Waals surface area contributed by atoms with Gasteiger partial charge in [0.25, 0.3) is 5.91 Å². The predicted molar refractivity (Wildman–Crippen MR) is 129 cm³/mol. The molecule has 0 spiro atoms. The number of anilines is 1. The van der Waals surface area contributed by atoms with Crippen LogP contribution in [0.5, 0.6) is 0 Å². The normalized spacial score (nSPS) is 12.5. The zero-order chi connectivity index (χ0) is 24.9. The third-order valence-electron chi connectivity index (χ3n) is 5.84. The molecule has 2 amide bonds. The van der Waals surface area contributed by atoms with Crippen LogP contribution in [0.15, 0.2) is 78.4 Å². The molecule has 3 aromatic rings. The molecule has 1 aliphatic rings. The van der Waals surface area contributed by atoms with Gasteiger partial charge in [-0.2, -0.15) is 0 Å². The number of carbonyl (C=O) groups is 3. The van der Waals surface area contributed by atoms with Gasteiger partial charge in [-0.25, -0.2) is 14.0 Å². The standard InChI is InChI=1S/C27H23FN2O5/c1-16(25(31)30-24-21(26(32)33)11-6-12-23(24)28)13-14-29-27(34)35-15-22-19-9-4-2-7-17(19)18-8-3-5-10-20(18)22/h2-13,22H,14-15H2,1H3,(H,29,34)(H,30,31)(H,32,33)/b16-13+. The first-order valence-corrected chi connectivity index (χ1v) is 11.0. The van der Waals surface area contributed by atoms with Gasteiger partial charge in [-0.3, -0.25) is 4.79 Å². The summed E-state index contributed by atoms with van der Waals surface area (Å²) in [7, 11) is 0. The quantitative estimate of drug-likeness (QED) is 0.421. The number of rotatable bonds is 7. The van der Waals surface area contributed by atoms with Crippen LogP contribution >= 0.6 is 0 Å². The highest BCUT2D eigenvalue weighted by molar-refractivity contribution is 6.07. The van der Waals surface area contributed by atoms with Gasteiger partial charge >= 0.3 is 12.1 Å². The van der Waals surface area contributed by atoms with Crippen molar-refractivity contribution < 1.29 is 28.6 Å². The van der Waals surface area contributed by atoms with Crippen LogP contribution in [0, 0.1) is 5.82 Å². The SMILES string of the molecule is C/C(=C\CNC(=O)OCC1c2ccccc2-c2ccccc21)C(=O)Nc1c(F)cccc1C(=O)O. The number of hydrogen-bond donors (Lipinski definition) is 3. The van der Waals surface area contributed by atoms with E-state index in [1.165, 1.54) is 25.1 Å². The topological polar surface area (TPSA) is 105 Å². The highest BCUT2D eigenvalue weighted by Gasteiger charge is 2.29. The van der Waals surface area contributed by atoms with E-state index in [1.807, 2.05) is 48.5 Å². The lowest BCUT2D eigenvalue weighted by molar-refractivity contribution is -0.112. The molecule has 8 heteroatoms. The smallest absolute Gasteiger partial charge is 0.407 e. The lowest BCUT2D eigenvalue weighted by Gasteiger charge is -2.14. The number of ether oxygens (including phenoxy) is 1. The Morgan fingerprint density at radius 3 is 2.23 bits per heavy atom. The second kappa shape index (κ2) is 10.2. The largest absolute Gasteiger partial charge is 0.478 e. The summed E-state index contributed by atoms with van der Waals surface area (Å²) in [4.78, 5) is 35.9. The Labute approximate surface area is 201 Å². The van der Waals surface area contributed by atoms with Crippen molar-refractivity contribution in [3.05, 3.63) is 101 Å². The maximum atomic E-state index is 14.0. The van der Waals surface area contributed by atoms with E-state index in [9.17, 15) is 23.9 Å². The first kappa shape index (κ1) is 23.7. The van der Waals surface area contributed by atoms with Gasteiger partial charge in [0.1, 0.15) is 12.4 Å². The molecule has 3 aromatic carbocycles. The zero-order valence-electron chi connectivity index (χ0n) is 18.9. The Balaban J connectivity index is 1.32. The molecule has 0 saturated carbocycles. The zero-order valence-corrected chi connectivity index (χ0v) is 18.9. The number of fused-ring (bicyclic) bond motifs is 3. The number of aromatic carboxylic acids is 1. The maximum Gasteiger partial charge on any atom is 0.407 e. The van der Waals surface area contributed by atoms with Crippen molar-refractivity contribution >= 4 is 23.7 Å². The van der Waals surface area contributed by atoms with Crippen molar-refractivity contribution in [3.8, 4) is 11.1 Å². The minimum Gasteiger partial charge on any atom is -0.478 e. The molecular formula is C27H23FN2O5. The number of alkyl carbamates (subject to hydrolysis) is 1. The van der Waals surface area contributed by atoms with Gasteiger partial charge in [-0.15, -0.1) is 0 Å². The molecule has 0 bridgehead atoms. The number of carboxylic acid groups (broad SMARTS) is 1. The van der Waals surface area contributed by atoms with Gasteiger partial charge in [-0.05, 0) is 41.3 Å². The fourth-order valence-electron chi connectivity index (χ4n) is 4.07. The second-order valence-electron chi connectivity index (χ2n) is 8.02. The van der Waals surface area contributed by atoms with Crippen molar-refractivity contribution in [1.82, 2.24) is 5.32 Å². The third-order valence-corrected chi connectivity index (χ3v) is 5.84. The third kappa shape index (κ3) is 5.06. The molecular weight excluding hydrogens is 451 g/mol. The monoisotopic (exact) mass is 474 g/mol. The van der Waals surface area contributed by atoms with Crippen LogP contribution in [-0.4, -0.2) is 36.2 Å². The molecule has 0 saturated heterocycles. The Morgan fingerprint density at radius 1 is 0.971 bits per heavy atom. The number of hydrogen-bond acceptors (Lipinski definition) is 4. The summed E-state index contributed by atoms with van der Waals surface area (Å²) >= 11 is 0. The molecule has 0 fully saturated rings. The van der Waals surface area contributed by atoms with E-state index in [-0.39, 0.29) is 30.2 Å². The van der Waals surface area contributed by atoms with Crippen LogP contribution < -0.4 is 10.6 Å². The number of benzene rings is 3. The molecule has 0 aromatic heterocycles. The summed E-state index contributed by atoms with van der Waals surface area (Å²) in [5, 5.41) is 14.0. The summed E-state index contributed by atoms with van der Waals surface area (Å²) in [5.74, 6) is -2.98. The molecule has 0 radical (unpaired) electrons. The van der Waals surface area contributed by atoms with Crippen molar-refractivity contribution in [2.24, 2.45) is 0 Å². The number of carbonyl (C=O) groups excluding carboxylic acids is 2. The molecule has 0 unspecified atom stereocenters. The molecule has 35 heavy (non-hydrogen) atoms. The number of halogens is 1. The van der Waals surface area contributed by atoms with Crippen molar-refractivity contribution in [1.29, 1.82) is 0 Å². The Kier molecular flexibility index (Phi) is 6.91. The van der Waals surface area contributed by atoms with Crippen LogP contribution in [0.4, 0.5) is 14.9 Å². The molecule has 1 aliphatic carbocycles. The molecule has 0 atom stereocenters. The van der Waals surface area contributed by atoms with Crippen molar-refractivity contribution in [3.63, 3.8) is 0 Å². The summed E-state index contributed by atoms with van der Waals surface area (Å²) in [6, 6.07) is 19.5. The summed E-state index contributed by atoms with van der Waals surface area (Å²) < 4.78 is 19.5. The van der Waals surface area contributed by atoms with Crippen molar-refractivity contribution in [2.75, 3.05) is 18.5 Å². The Bertz CT molecular complexity index is 1290. The summed E-state index contributed by atoms with van der Waals surface area (Å²) in [6.07, 6.45) is 0.788. The van der Waals surface area contributed by atoms with E-state index >= 15 is 0 Å². The van der Waals surface area contributed by atoms with Crippen LogP contribution in [0.25, 0.3) is 11.1 Å². The molecule has 4 rings (SSSR count). The highest BCUT2D eigenvalue weighted by Crippen LogP contribution is 2.44. The van der Waals surface area contributed by atoms with E-state index in [0.717, 1.165) is 28.3 Å². The van der Waals surface area contributed by atoms with Crippen LogP contribution in [0.2, 0.25) is 0 Å². The second-order valence-corrected chi connectivity index (χ2v) is 8.02. The van der Waals surface area contributed by atoms with E-state index in [4.69, 9.17) is 4.74 Å². The minimum atomic E-state index is -1.36. The van der Waals surface area contributed by atoms with Crippen molar-refractivity contribution in [2.45, 2.75) is 12.8 Å². The number of carboxylic acids is 1. The predicted octanol–water partition coefficient (Wildman–Crippen LogP) is 4.95. The summed E-state index contributed by atoms with van der Waals surface area (Å²) in [5.41, 5.74) is 3.85. The van der Waals surface area contributed by atoms with Gasteiger partial charge in [-0.1, -0.05) is 60.7 Å². The number of amides is 2. The van der Waals surface area contributed by atoms with Gasteiger partial charge in [0.2, 0.25) is 0 Å². The fourth-order valence-corrected chi connectivity index (χ4v) is 4.07. The van der Waals surface area contributed by atoms with E-state index in [1.54, 1.807) is 0 Å². The fraction of sp³-hybridized carbons (Fsp3) is 0.148. The minimum absolute atomic E-state index is 0.00101. The molecule has 7 nitrogen and oxygen atoms in total. The lowest BCUT2D eigenvalue weighted by atomic mass is 9.98. The number of para-hydroxylation sites is 1. The molecule has 3 N–H and O–H groups in total. The van der Waals surface area contributed by atoms with Gasteiger partial charge in [0.15, 0.2) is 0 Å². The lowest BCUT2D eigenvalue weighted by Crippen LogP contribution is -2.27. The highest BCUT2D eigenvalue weighted by atomic mass is 19.1. The average Bonchev–Trinajstić information content (AvgIpc) is 3.17. The van der Waals surface area contributed by atoms with Gasteiger partial charge in [0, 0.05) is 18.0 Å². The maximum absolute atomic E-state index is 14.0. The molecule has 0 aliphatic heterocycles. The number of nitrogens with one attached hydrogen (secondary N) is 2. The van der Waals surface area contributed by atoms with Gasteiger partial charge < -0.3 is 20.5 Å².